The Kier molecular flexibility index (Phi) is 2.99. The molecule has 0 spiro atoms. The second-order valence-corrected chi connectivity index (χ2v) is 3.98. The van der Waals surface area contributed by atoms with Gasteiger partial charge in [-0.3, -0.25) is 4.79 Å². The van der Waals surface area contributed by atoms with Crippen molar-refractivity contribution < 1.29 is 9.21 Å². The van der Waals surface area contributed by atoms with Crippen LogP contribution in [0.1, 0.15) is 21.9 Å². The first-order valence-electron chi connectivity index (χ1n) is 4.62. The number of carbonyl (C=O) groups excluding carboxylic acids is 1. The van der Waals surface area contributed by atoms with E-state index in [2.05, 4.69) is 0 Å². The van der Waals surface area contributed by atoms with Crippen LogP contribution in [0, 0.1) is 0 Å². The number of nitrogens with two attached hydrogens (primary N) is 1. The maximum Gasteiger partial charge on any atom is 0.202 e. The van der Waals surface area contributed by atoms with Gasteiger partial charge in [-0.1, -0.05) is 0 Å². The summed E-state index contributed by atoms with van der Waals surface area (Å²) in [5, 5.41) is 3.92. The highest BCUT2D eigenvalue weighted by Crippen LogP contribution is 2.13. The average molecular weight is 221 g/mol. The minimum atomic E-state index is -0.00639. The lowest BCUT2D eigenvalue weighted by Gasteiger charge is -1.94. The van der Waals surface area contributed by atoms with Gasteiger partial charge < -0.3 is 10.2 Å². The number of rotatable bonds is 4. The molecule has 3 nitrogen and oxygen atoms in total. The molecule has 0 saturated heterocycles. The molecule has 0 aromatic carbocycles. The Morgan fingerprint density at radius 2 is 2.27 bits per heavy atom. The standard InChI is InChI=1S/C11H11NO2S/c12-6-9-1-2-11(14-9)10(13)5-8-3-4-15-7-8/h1-4,7H,5-6,12H2. The van der Waals surface area contributed by atoms with Gasteiger partial charge in [-0.05, 0) is 34.5 Å². The molecule has 2 aromatic rings. The van der Waals surface area contributed by atoms with E-state index in [-0.39, 0.29) is 5.78 Å². The lowest BCUT2D eigenvalue weighted by Crippen LogP contribution is -2.01. The van der Waals surface area contributed by atoms with Crippen LogP contribution >= 0.6 is 11.3 Å². The van der Waals surface area contributed by atoms with Crippen molar-refractivity contribution in [2.75, 3.05) is 0 Å². The molecule has 4 heteroatoms. The molecule has 2 aromatic heterocycles. The van der Waals surface area contributed by atoms with E-state index in [4.69, 9.17) is 10.2 Å². The van der Waals surface area contributed by atoms with Gasteiger partial charge in [0.05, 0.1) is 6.54 Å². The lowest BCUT2D eigenvalue weighted by molar-refractivity contribution is 0.0965. The average Bonchev–Trinajstić information content (AvgIpc) is 2.86. The molecule has 0 aliphatic rings. The van der Waals surface area contributed by atoms with Crippen LogP contribution < -0.4 is 5.73 Å². The fourth-order valence-corrected chi connectivity index (χ4v) is 1.97. The van der Waals surface area contributed by atoms with Gasteiger partial charge in [0.15, 0.2) is 5.76 Å². The zero-order chi connectivity index (χ0) is 10.7. The Balaban J connectivity index is 2.08. The maximum absolute atomic E-state index is 11.7. The van der Waals surface area contributed by atoms with Gasteiger partial charge >= 0.3 is 0 Å². The normalized spacial score (nSPS) is 10.5. The van der Waals surface area contributed by atoms with Gasteiger partial charge in [0.25, 0.3) is 0 Å². The van der Waals surface area contributed by atoms with E-state index in [1.807, 2.05) is 16.8 Å². The highest BCUT2D eigenvalue weighted by Gasteiger charge is 2.11. The first-order chi connectivity index (χ1) is 7.29. The van der Waals surface area contributed by atoms with Crippen LogP contribution in [0.4, 0.5) is 0 Å². The van der Waals surface area contributed by atoms with Crippen molar-refractivity contribution in [2.45, 2.75) is 13.0 Å². The monoisotopic (exact) mass is 221 g/mol. The zero-order valence-corrected chi connectivity index (χ0v) is 8.92. The molecule has 0 fully saturated rings. The number of Topliss-reactive ketones (excluding diaryl/α,β-unsaturated/α-hetero) is 1. The summed E-state index contributed by atoms with van der Waals surface area (Å²) in [5.74, 6) is 1.03. The molecule has 0 radical (unpaired) electrons. The Hall–Kier alpha value is -1.39. The number of hydrogen-bond donors (Lipinski definition) is 1. The van der Waals surface area contributed by atoms with E-state index in [1.165, 1.54) is 0 Å². The minimum absolute atomic E-state index is 0.00639. The third kappa shape index (κ3) is 2.34. The Bertz CT molecular complexity index is 445. The fourth-order valence-electron chi connectivity index (χ4n) is 1.30. The third-order valence-electron chi connectivity index (χ3n) is 2.08. The number of carbonyl (C=O) groups is 1. The smallest absolute Gasteiger partial charge is 0.202 e. The largest absolute Gasteiger partial charge is 0.457 e. The first kappa shape index (κ1) is 10.1. The second kappa shape index (κ2) is 4.42. The van der Waals surface area contributed by atoms with Crippen molar-refractivity contribution in [3.63, 3.8) is 0 Å². The van der Waals surface area contributed by atoms with Gasteiger partial charge in [-0.2, -0.15) is 11.3 Å². The van der Waals surface area contributed by atoms with Crippen LogP contribution in [0.25, 0.3) is 0 Å². The molecule has 0 unspecified atom stereocenters. The summed E-state index contributed by atoms with van der Waals surface area (Å²) in [7, 11) is 0. The van der Waals surface area contributed by atoms with E-state index in [9.17, 15) is 4.79 Å². The molecule has 0 saturated carbocycles. The van der Waals surface area contributed by atoms with E-state index in [0.29, 0.717) is 24.5 Å². The van der Waals surface area contributed by atoms with E-state index in [1.54, 1.807) is 23.5 Å². The van der Waals surface area contributed by atoms with Crippen LogP contribution in [0.5, 0.6) is 0 Å². The number of hydrogen-bond acceptors (Lipinski definition) is 4. The van der Waals surface area contributed by atoms with Gasteiger partial charge in [0, 0.05) is 6.42 Å². The molecule has 15 heavy (non-hydrogen) atoms. The predicted molar refractivity (Wildman–Crippen MR) is 59.0 cm³/mol. The summed E-state index contributed by atoms with van der Waals surface area (Å²) in [6.45, 7) is 0.325. The van der Waals surface area contributed by atoms with Crippen LogP contribution in [0.15, 0.2) is 33.4 Å². The van der Waals surface area contributed by atoms with Gasteiger partial charge in [0.2, 0.25) is 5.78 Å². The molecule has 2 rings (SSSR count). The van der Waals surface area contributed by atoms with Crippen LogP contribution in [-0.2, 0) is 13.0 Å². The summed E-state index contributed by atoms with van der Waals surface area (Å²) in [4.78, 5) is 11.7. The zero-order valence-electron chi connectivity index (χ0n) is 8.10. The highest BCUT2D eigenvalue weighted by molar-refractivity contribution is 7.08. The summed E-state index contributed by atoms with van der Waals surface area (Å²) in [6, 6.07) is 5.35. The lowest BCUT2D eigenvalue weighted by atomic mass is 10.1. The number of thiophene rings is 1. The molecule has 78 valence electrons. The number of ketones is 1. The summed E-state index contributed by atoms with van der Waals surface area (Å²) in [5.41, 5.74) is 6.42. The molecular weight excluding hydrogens is 210 g/mol. The molecule has 2 N–H and O–H groups in total. The second-order valence-electron chi connectivity index (χ2n) is 3.20. The maximum atomic E-state index is 11.7. The molecule has 0 bridgehead atoms. The van der Waals surface area contributed by atoms with Gasteiger partial charge in [0.1, 0.15) is 5.76 Å². The Morgan fingerprint density at radius 3 is 2.87 bits per heavy atom. The molecular formula is C11H11NO2S. The van der Waals surface area contributed by atoms with Gasteiger partial charge in [-0.15, -0.1) is 0 Å². The Labute approximate surface area is 91.5 Å². The van der Waals surface area contributed by atoms with E-state index in [0.717, 1.165) is 5.56 Å². The molecule has 0 aliphatic carbocycles. The minimum Gasteiger partial charge on any atom is -0.457 e. The van der Waals surface area contributed by atoms with Crippen molar-refractivity contribution in [2.24, 2.45) is 5.73 Å². The van der Waals surface area contributed by atoms with Crippen LogP contribution in [0.3, 0.4) is 0 Å². The molecule has 0 atom stereocenters. The number of furan rings is 1. The predicted octanol–water partition coefficient (Wildman–Crippen LogP) is 2.23. The van der Waals surface area contributed by atoms with Crippen molar-refractivity contribution in [1.82, 2.24) is 0 Å². The topological polar surface area (TPSA) is 56.2 Å². The summed E-state index contributed by atoms with van der Waals surface area (Å²) >= 11 is 1.58. The summed E-state index contributed by atoms with van der Waals surface area (Å²) in [6.07, 6.45) is 0.390. The SMILES string of the molecule is NCc1ccc(C(=O)Cc2ccsc2)o1. The fraction of sp³-hybridized carbons (Fsp3) is 0.182. The van der Waals surface area contributed by atoms with Crippen LogP contribution in [0.2, 0.25) is 0 Å². The van der Waals surface area contributed by atoms with Crippen molar-refractivity contribution in [1.29, 1.82) is 0 Å². The summed E-state index contributed by atoms with van der Waals surface area (Å²) < 4.78 is 5.27. The molecule has 0 aliphatic heterocycles. The molecule has 2 heterocycles. The van der Waals surface area contributed by atoms with Crippen molar-refractivity contribution >= 4 is 17.1 Å². The highest BCUT2D eigenvalue weighted by atomic mass is 32.1. The van der Waals surface area contributed by atoms with E-state index < -0.39 is 0 Å². The molecule has 0 amide bonds. The van der Waals surface area contributed by atoms with Crippen molar-refractivity contribution in [3.8, 4) is 0 Å². The first-order valence-corrected chi connectivity index (χ1v) is 5.57. The van der Waals surface area contributed by atoms with Gasteiger partial charge in [-0.25, -0.2) is 0 Å². The van der Waals surface area contributed by atoms with E-state index >= 15 is 0 Å². The van der Waals surface area contributed by atoms with Crippen molar-refractivity contribution in [3.05, 3.63) is 46.0 Å². The van der Waals surface area contributed by atoms with Crippen LogP contribution in [-0.4, -0.2) is 5.78 Å². The Morgan fingerprint density at radius 1 is 1.40 bits per heavy atom. The third-order valence-corrected chi connectivity index (χ3v) is 2.81. The quantitative estimate of drug-likeness (QED) is 0.805.